The molecular formula is C9H18O3Si. The Kier molecular flexibility index (Phi) is 6.53. The van der Waals surface area contributed by atoms with Crippen molar-refractivity contribution in [2.24, 2.45) is 0 Å². The second kappa shape index (κ2) is 6.86. The summed E-state index contributed by atoms with van der Waals surface area (Å²) in [5.41, 5.74) is 1.06. The maximum absolute atomic E-state index is 10.4. The minimum absolute atomic E-state index is 0.395. The van der Waals surface area contributed by atoms with E-state index in [4.69, 9.17) is 9.53 Å². The molecule has 0 spiro atoms. The standard InChI is InChI=1S/C9H18O3Si/c1-7(9(10)11)5-4-6-8(2)13-12-3/h5,8H,4,6,13H2,1-3H3,(H,10,11)/b7-5+. The predicted octanol–water partition coefficient (Wildman–Crippen LogP) is 1.34. The molecular weight excluding hydrogens is 184 g/mol. The summed E-state index contributed by atoms with van der Waals surface area (Å²) >= 11 is 0. The molecule has 0 saturated carbocycles. The smallest absolute Gasteiger partial charge is 0.330 e. The van der Waals surface area contributed by atoms with Crippen molar-refractivity contribution < 1.29 is 14.3 Å². The van der Waals surface area contributed by atoms with Crippen molar-refractivity contribution in [3.8, 4) is 0 Å². The normalized spacial score (nSPS) is 15.2. The molecule has 76 valence electrons. The molecule has 0 bridgehead atoms. The van der Waals surface area contributed by atoms with Gasteiger partial charge < -0.3 is 9.53 Å². The van der Waals surface area contributed by atoms with Gasteiger partial charge in [0.25, 0.3) is 0 Å². The van der Waals surface area contributed by atoms with E-state index in [2.05, 4.69) is 6.92 Å². The highest BCUT2D eigenvalue weighted by molar-refractivity contribution is 6.29. The molecule has 1 N–H and O–H groups in total. The van der Waals surface area contributed by atoms with Crippen molar-refractivity contribution in [1.82, 2.24) is 0 Å². The molecule has 0 amide bonds. The summed E-state index contributed by atoms with van der Waals surface area (Å²) in [6, 6.07) is 0. The first kappa shape index (κ1) is 12.4. The molecule has 0 aliphatic rings. The lowest BCUT2D eigenvalue weighted by molar-refractivity contribution is -0.132. The summed E-state index contributed by atoms with van der Waals surface area (Å²) in [4.78, 5) is 10.4. The molecule has 4 heteroatoms. The summed E-state index contributed by atoms with van der Waals surface area (Å²) in [5.74, 6) is -0.823. The van der Waals surface area contributed by atoms with Crippen LogP contribution >= 0.6 is 0 Å². The van der Waals surface area contributed by atoms with Crippen LogP contribution in [0.5, 0.6) is 0 Å². The van der Waals surface area contributed by atoms with E-state index in [0.717, 1.165) is 12.8 Å². The third-order valence-corrected chi connectivity index (χ3v) is 3.21. The molecule has 0 saturated heterocycles. The van der Waals surface area contributed by atoms with E-state index < -0.39 is 15.7 Å². The Morgan fingerprint density at radius 2 is 2.31 bits per heavy atom. The van der Waals surface area contributed by atoms with Gasteiger partial charge in [-0.15, -0.1) is 0 Å². The fourth-order valence-electron chi connectivity index (χ4n) is 1.04. The molecule has 1 unspecified atom stereocenters. The average molecular weight is 202 g/mol. The van der Waals surface area contributed by atoms with Crippen molar-refractivity contribution >= 4 is 15.7 Å². The summed E-state index contributed by atoms with van der Waals surface area (Å²) in [5, 5.41) is 8.57. The van der Waals surface area contributed by atoms with Crippen LogP contribution in [0, 0.1) is 0 Å². The monoisotopic (exact) mass is 202 g/mol. The molecule has 0 heterocycles. The van der Waals surface area contributed by atoms with E-state index in [1.165, 1.54) is 0 Å². The highest BCUT2D eigenvalue weighted by Crippen LogP contribution is 2.11. The number of carboxylic acids is 1. The van der Waals surface area contributed by atoms with Crippen LogP contribution < -0.4 is 0 Å². The average Bonchev–Trinajstić information content (AvgIpc) is 2.04. The first-order valence-corrected chi connectivity index (χ1v) is 5.86. The Hall–Kier alpha value is -0.613. The van der Waals surface area contributed by atoms with Crippen molar-refractivity contribution in [3.63, 3.8) is 0 Å². The third-order valence-electron chi connectivity index (χ3n) is 1.90. The zero-order chi connectivity index (χ0) is 10.3. The van der Waals surface area contributed by atoms with Crippen molar-refractivity contribution in [1.29, 1.82) is 0 Å². The maximum atomic E-state index is 10.4. The molecule has 0 aliphatic carbocycles. The minimum atomic E-state index is -0.823. The van der Waals surface area contributed by atoms with E-state index in [0.29, 0.717) is 11.1 Å². The lowest BCUT2D eigenvalue weighted by Gasteiger charge is -2.06. The first-order chi connectivity index (χ1) is 6.07. The second-order valence-electron chi connectivity index (χ2n) is 3.33. The molecule has 0 radical (unpaired) electrons. The highest BCUT2D eigenvalue weighted by Gasteiger charge is 2.02. The fraction of sp³-hybridized carbons (Fsp3) is 0.667. The van der Waals surface area contributed by atoms with Crippen LogP contribution in [0.3, 0.4) is 0 Å². The molecule has 0 aromatic carbocycles. The van der Waals surface area contributed by atoms with Crippen LogP contribution in [0.4, 0.5) is 0 Å². The summed E-state index contributed by atoms with van der Waals surface area (Å²) in [6.45, 7) is 3.78. The SMILES string of the molecule is CO[SiH2]C(C)CC/C=C(\C)C(=O)O. The molecule has 13 heavy (non-hydrogen) atoms. The summed E-state index contributed by atoms with van der Waals surface area (Å²) in [6.07, 6.45) is 3.66. The predicted molar refractivity (Wildman–Crippen MR) is 55.6 cm³/mol. The van der Waals surface area contributed by atoms with E-state index in [-0.39, 0.29) is 0 Å². The van der Waals surface area contributed by atoms with Gasteiger partial charge in [0.05, 0.1) is 0 Å². The van der Waals surface area contributed by atoms with Gasteiger partial charge in [-0.3, -0.25) is 0 Å². The van der Waals surface area contributed by atoms with Crippen molar-refractivity contribution in [3.05, 3.63) is 11.6 Å². The second-order valence-corrected chi connectivity index (χ2v) is 5.63. The van der Waals surface area contributed by atoms with E-state index in [1.807, 2.05) is 0 Å². The molecule has 1 atom stereocenters. The number of hydrogen-bond acceptors (Lipinski definition) is 2. The maximum Gasteiger partial charge on any atom is 0.330 e. The van der Waals surface area contributed by atoms with Gasteiger partial charge in [-0.2, -0.15) is 0 Å². The van der Waals surface area contributed by atoms with Gasteiger partial charge in [-0.05, 0) is 25.3 Å². The number of carboxylic acid groups (broad SMARTS) is 1. The Morgan fingerprint density at radius 3 is 2.77 bits per heavy atom. The molecule has 0 aromatic rings. The number of allylic oxidation sites excluding steroid dienone is 1. The molecule has 0 aromatic heterocycles. The van der Waals surface area contributed by atoms with Crippen molar-refractivity contribution in [2.45, 2.75) is 32.2 Å². The molecule has 0 rings (SSSR count). The number of aliphatic carboxylic acids is 1. The molecule has 0 aliphatic heterocycles. The third kappa shape index (κ3) is 6.54. The minimum Gasteiger partial charge on any atom is -0.478 e. The molecule has 0 fully saturated rings. The van der Waals surface area contributed by atoms with Crippen LogP contribution in [0.2, 0.25) is 5.54 Å². The molecule has 3 nitrogen and oxygen atoms in total. The largest absolute Gasteiger partial charge is 0.478 e. The topological polar surface area (TPSA) is 46.5 Å². The van der Waals surface area contributed by atoms with Gasteiger partial charge in [0.2, 0.25) is 0 Å². The van der Waals surface area contributed by atoms with E-state index in [9.17, 15) is 4.79 Å². The van der Waals surface area contributed by atoms with E-state index >= 15 is 0 Å². The first-order valence-electron chi connectivity index (χ1n) is 4.47. The number of carbonyl (C=O) groups is 1. The zero-order valence-corrected chi connectivity index (χ0v) is 9.95. The lowest BCUT2D eigenvalue weighted by Crippen LogP contribution is -2.02. The Morgan fingerprint density at radius 1 is 1.69 bits per heavy atom. The zero-order valence-electron chi connectivity index (χ0n) is 8.54. The van der Waals surface area contributed by atoms with Crippen LogP contribution in [0.15, 0.2) is 11.6 Å². The Labute approximate surface area is 81.7 Å². The summed E-state index contributed by atoms with van der Waals surface area (Å²) in [7, 11) is 1.34. The van der Waals surface area contributed by atoms with Crippen LogP contribution in [-0.4, -0.2) is 27.9 Å². The summed E-state index contributed by atoms with van der Waals surface area (Å²) < 4.78 is 5.11. The van der Waals surface area contributed by atoms with Gasteiger partial charge in [-0.25, -0.2) is 4.79 Å². The number of hydrogen-bond donors (Lipinski definition) is 1. The van der Waals surface area contributed by atoms with Gasteiger partial charge in [0.1, 0.15) is 0 Å². The highest BCUT2D eigenvalue weighted by atomic mass is 28.2. The van der Waals surface area contributed by atoms with Gasteiger partial charge in [-0.1, -0.05) is 13.0 Å². The fourth-order valence-corrected chi connectivity index (χ4v) is 2.01. The Balaban J connectivity index is 3.65. The van der Waals surface area contributed by atoms with Gasteiger partial charge in [0.15, 0.2) is 9.76 Å². The quantitative estimate of drug-likeness (QED) is 0.522. The number of rotatable bonds is 6. The van der Waals surface area contributed by atoms with Crippen molar-refractivity contribution in [2.75, 3.05) is 7.11 Å². The lowest BCUT2D eigenvalue weighted by atomic mass is 10.2. The van der Waals surface area contributed by atoms with Gasteiger partial charge in [0, 0.05) is 12.7 Å². The van der Waals surface area contributed by atoms with Crippen LogP contribution in [-0.2, 0) is 9.22 Å². The van der Waals surface area contributed by atoms with Gasteiger partial charge >= 0.3 is 5.97 Å². The van der Waals surface area contributed by atoms with Crippen LogP contribution in [0.25, 0.3) is 0 Å². The van der Waals surface area contributed by atoms with E-state index in [1.54, 1.807) is 20.1 Å². The van der Waals surface area contributed by atoms with Crippen LogP contribution in [0.1, 0.15) is 26.7 Å². The Bertz CT molecular complexity index is 189.